The molecule has 0 atom stereocenters. The predicted molar refractivity (Wildman–Crippen MR) is 72.2 cm³/mol. The molecule has 0 heterocycles. The van der Waals surface area contributed by atoms with Gasteiger partial charge in [-0.05, 0) is 36.4 Å². The SMILES string of the molecule is COC(=O)c1ccccc1Nc1ccc(C#N)cc1. The molecule has 1 N–H and O–H groups in total. The van der Waals surface area contributed by atoms with Gasteiger partial charge in [0.05, 0.1) is 30.0 Å². The molecule has 0 saturated heterocycles. The van der Waals surface area contributed by atoms with E-state index in [-0.39, 0.29) is 0 Å². The lowest BCUT2D eigenvalue weighted by atomic mass is 10.1. The van der Waals surface area contributed by atoms with E-state index in [1.165, 1.54) is 7.11 Å². The van der Waals surface area contributed by atoms with E-state index < -0.39 is 5.97 Å². The number of carbonyl (C=O) groups is 1. The summed E-state index contributed by atoms with van der Waals surface area (Å²) in [6.45, 7) is 0. The van der Waals surface area contributed by atoms with Crippen molar-refractivity contribution in [3.05, 3.63) is 59.7 Å². The van der Waals surface area contributed by atoms with Gasteiger partial charge in [-0.25, -0.2) is 4.79 Å². The van der Waals surface area contributed by atoms with E-state index in [1.807, 2.05) is 6.07 Å². The maximum Gasteiger partial charge on any atom is 0.339 e. The number of benzene rings is 2. The summed E-state index contributed by atoms with van der Waals surface area (Å²) < 4.78 is 4.73. The lowest BCUT2D eigenvalue weighted by Gasteiger charge is -2.10. The Balaban J connectivity index is 2.28. The zero-order valence-electron chi connectivity index (χ0n) is 10.4. The van der Waals surface area contributed by atoms with Gasteiger partial charge in [0.15, 0.2) is 0 Å². The fourth-order valence-corrected chi connectivity index (χ4v) is 1.66. The van der Waals surface area contributed by atoms with Crippen LogP contribution in [0.2, 0.25) is 0 Å². The maximum atomic E-state index is 11.6. The number of esters is 1. The van der Waals surface area contributed by atoms with E-state index in [9.17, 15) is 4.79 Å². The van der Waals surface area contributed by atoms with Gasteiger partial charge in [0.2, 0.25) is 0 Å². The van der Waals surface area contributed by atoms with Crippen molar-refractivity contribution < 1.29 is 9.53 Å². The van der Waals surface area contributed by atoms with Crippen LogP contribution in [-0.2, 0) is 4.74 Å². The number of hydrogen-bond acceptors (Lipinski definition) is 4. The molecule has 0 bridgehead atoms. The Hall–Kier alpha value is -2.80. The fraction of sp³-hybridized carbons (Fsp3) is 0.0667. The summed E-state index contributed by atoms with van der Waals surface area (Å²) in [6.07, 6.45) is 0. The number of nitrogens with one attached hydrogen (secondary N) is 1. The van der Waals surface area contributed by atoms with Crippen molar-refractivity contribution in [1.82, 2.24) is 0 Å². The minimum atomic E-state index is -0.392. The van der Waals surface area contributed by atoms with Crippen molar-refractivity contribution in [1.29, 1.82) is 5.26 Å². The Bertz CT molecular complexity index is 627. The Morgan fingerprint density at radius 2 is 1.84 bits per heavy atom. The Labute approximate surface area is 111 Å². The topological polar surface area (TPSA) is 62.1 Å². The number of nitriles is 1. The molecule has 0 aliphatic carbocycles. The highest BCUT2D eigenvalue weighted by Crippen LogP contribution is 2.21. The minimum absolute atomic E-state index is 0.392. The van der Waals surface area contributed by atoms with Gasteiger partial charge in [-0.15, -0.1) is 0 Å². The lowest BCUT2D eigenvalue weighted by molar-refractivity contribution is 0.0602. The molecule has 4 nitrogen and oxygen atoms in total. The van der Waals surface area contributed by atoms with Gasteiger partial charge in [0.1, 0.15) is 0 Å². The molecule has 0 radical (unpaired) electrons. The van der Waals surface area contributed by atoms with E-state index in [0.717, 1.165) is 5.69 Å². The van der Waals surface area contributed by atoms with Crippen molar-refractivity contribution in [3.63, 3.8) is 0 Å². The van der Waals surface area contributed by atoms with Crippen LogP contribution in [0.1, 0.15) is 15.9 Å². The van der Waals surface area contributed by atoms with Crippen LogP contribution in [-0.4, -0.2) is 13.1 Å². The van der Waals surface area contributed by atoms with Crippen molar-refractivity contribution in [2.24, 2.45) is 0 Å². The molecule has 94 valence electrons. The molecule has 0 aliphatic rings. The van der Waals surface area contributed by atoms with E-state index in [4.69, 9.17) is 10.00 Å². The van der Waals surface area contributed by atoms with Crippen molar-refractivity contribution in [3.8, 4) is 6.07 Å². The number of ether oxygens (including phenoxy) is 1. The van der Waals surface area contributed by atoms with Crippen molar-refractivity contribution in [2.75, 3.05) is 12.4 Å². The van der Waals surface area contributed by atoms with E-state index in [0.29, 0.717) is 16.8 Å². The Morgan fingerprint density at radius 1 is 1.16 bits per heavy atom. The highest BCUT2D eigenvalue weighted by atomic mass is 16.5. The summed E-state index contributed by atoms with van der Waals surface area (Å²) in [5.41, 5.74) is 2.52. The number of para-hydroxylation sites is 1. The van der Waals surface area contributed by atoms with Gasteiger partial charge in [-0.2, -0.15) is 5.26 Å². The van der Waals surface area contributed by atoms with Crippen LogP contribution in [0.3, 0.4) is 0 Å². The summed E-state index contributed by atoms with van der Waals surface area (Å²) in [6, 6.07) is 16.1. The second-order valence-electron chi connectivity index (χ2n) is 3.85. The van der Waals surface area contributed by atoms with E-state index >= 15 is 0 Å². The standard InChI is InChI=1S/C15H12N2O2/c1-19-15(18)13-4-2-3-5-14(13)17-12-8-6-11(10-16)7-9-12/h2-9,17H,1H3. The third-order valence-electron chi connectivity index (χ3n) is 2.63. The van der Waals surface area contributed by atoms with Gasteiger partial charge in [-0.1, -0.05) is 12.1 Å². The number of hydrogen-bond donors (Lipinski definition) is 1. The highest BCUT2D eigenvalue weighted by Gasteiger charge is 2.10. The first kappa shape index (κ1) is 12.7. The van der Waals surface area contributed by atoms with Crippen molar-refractivity contribution >= 4 is 17.3 Å². The van der Waals surface area contributed by atoms with Gasteiger partial charge in [-0.3, -0.25) is 0 Å². The second kappa shape index (κ2) is 5.69. The Morgan fingerprint density at radius 3 is 2.47 bits per heavy atom. The Kier molecular flexibility index (Phi) is 3.79. The third-order valence-corrected chi connectivity index (χ3v) is 2.63. The molecular weight excluding hydrogens is 240 g/mol. The highest BCUT2D eigenvalue weighted by molar-refractivity contribution is 5.96. The van der Waals surface area contributed by atoms with E-state index in [2.05, 4.69) is 11.4 Å². The molecule has 0 amide bonds. The number of anilines is 2. The molecule has 0 spiro atoms. The second-order valence-corrected chi connectivity index (χ2v) is 3.85. The average Bonchev–Trinajstić information content (AvgIpc) is 2.48. The zero-order valence-corrected chi connectivity index (χ0v) is 10.4. The molecule has 19 heavy (non-hydrogen) atoms. The molecule has 0 aromatic heterocycles. The monoisotopic (exact) mass is 252 g/mol. The summed E-state index contributed by atoms with van der Waals surface area (Å²) in [4.78, 5) is 11.6. The molecule has 4 heteroatoms. The first-order valence-corrected chi connectivity index (χ1v) is 5.69. The summed E-state index contributed by atoms with van der Waals surface area (Å²) in [5, 5.41) is 11.9. The van der Waals surface area contributed by atoms with Crippen LogP contribution < -0.4 is 5.32 Å². The fourth-order valence-electron chi connectivity index (χ4n) is 1.66. The molecule has 0 aliphatic heterocycles. The molecular formula is C15H12N2O2. The van der Waals surface area contributed by atoms with Crippen LogP contribution in [0.25, 0.3) is 0 Å². The lowest BCUT2D eigenvalue weighted by Crippen LogP contribution is -2.05. The van der Waals surface area contributed by atoms with Gasteiger partial charge in [0.25, 0.3) is 0 Å². The number of methoxy groups -OCH3 is 1. The first-order valence-electron chi connectivity index (χ1n) is 5.69. The van der Waals surface area contributed by atoms with Crippen LogP contribution in [0.4, 0.5) is 11.4 Å². The van der Waals surface area contributed by atoms with Crippen LogP contribution in [0, 0.1) is 11.3 Å². The quantitative estimate of drug-likeness (QED) is 0.853. The molecule has 2 rings (SSSR count). The third kappa shape index (κ3) is 2.90. The molecule has 0 unspecified atom stereocenters. The molecule has 2 aromatic rings. The summed E-state index contributed by atoms with van der Waals surface area (Å²) >= 11 is 0. The maximum absolute atomic E-state index is 11.6. The normalized spacial score (nSPS) is 9.47. The first-order chi connectivity index (χ1) is 9.24. The van der Waals surface area contributed by atoms with Crippen LogP contribution >= 0.6 is 0 Å². The molecule has 0 saturated carbocycles. The van der Waals surface area contributed by atoms with Crippen LogP contribution in [0.15, 0.2) is 48.5 Å². The number of carbonyl (C=O) groups excluding carboxylic acids is 1. The van der Waals surface area contributed by atoms with Gasteiger partial charge >= 0.3 is 5.97 Å². The molecule has 0 fully saturated rings. The van der Waals surface area contributed by atoms with Crippen molar-refractivity contribution in [2.45, 2.75) is 0 Å². The molecule has 2 aromatic carbocycles. The van der Waals surface area contributed by atoms with Gasteiger partial charge < -0.3 is 10.1 Å². The number of rotatable bonds is 3. The number of nitrogens with zero attached hydrogens (tertiary/aromatic N) is 1. The smallest absolute Gasteiger partial charge is 0.339 e. The van der Waals surface area contributed by atoms with Crippen LogP contribution in [0.5, 0.6) is 0 Å². The zero-order chi connectivity index (χ0) is 13.7. The largest absolute Gasteiger partial charge is 0.465 e. The summed E-state index contributed by atoms with van der Waals surface area (Å²) in [5.74, 6) is -0.392. The summed E-state index contributed by atoms with van der Waals surface area (Å²) in [7, 11) is 1.35. The predicted octanol–water partition coefficient (Wildman–Crippen LogP) is 3.09. The van der Waals surface area contributed by atoms with E-state index in [1.54, 1.807) is 42.5 Å². The average molecular weight is 252 g/mol. The van der Waals surface area contributed by atoms with Gasteiger partial charge in [0, 0.05) is 5.69 Å². The minimum Gasteiger partial charge on any atom is -0.465 e.